The Bertz CT molecular complexity index is 689. The molecule has 0 N–H and O–H groups in total. The Morgan fingerprint density at radius 3 is 2.50 bits per heavy atom. The number of carbonyl (C=O) groups excluding carboxylic acids is 1. The van der Waals surface area contributed by atoms with Gasteiger partial charge in [0, 0.05) is 12.2 Å². The molecule has 3 rings (SSSR count). The summed E-state index contributed by atoms with van der Waals surface area (Å²) >= 11 is 0. The average Bonchev–Trinajstić information content (AvgIpc) is 2.95. The highest BCUT2D eigenvalue weighted by atomic mass is 16.5. The Morgan fingerprint density at radius 1 is 1.14 bits per heavy atom. The fourth-order valence-corrected chi connectivity index (χ4v) is 2.52. The standard InChI is InChI=1S/C18H16N2O2/c19-12-15-10-11-20(18(15)21)16-6-8-17(9-7-16)22-13-14-4-2-1-3-5-14/h1-9,15H,10-11,13H2. The molecule has 1 aliphatic heterocycles. The molecule has 1 fully saturated rings. The van der Waals surface area contributed by atoms with E-state index in [0.717, 1.165) is 17.0 Å². The molecule has 1 amide bonds. The first-order valence-electron chi connectivity index (χ1n) is 7.26. The van der Waals surface area contributed by atoms with E-state index in [1.807, 2.05) is 60.7 Å². The molecule has 4 heteroatoms. The minimum Gasteiger partial charge on any atom is -0.489 e. The van der Waals surface area contributed by atoms with Crippen molar-refractivity contribution in [3.63, 3.8) is 0 Å². The first-order chi connectivity index (χ1) is 10.8. The van der Waals surface area contributed by atoms with Gasteiger partial charge in [-0.2, -0.15) is 5.26 Å². The number of ether oxygens (including phenoxy) is 1. The molecule has 22 heavy (non-hydrogen) atoms. The van der Waals surface area contributed by atoms with E-state index in [9.17, 15) is 4.79 Å². The number of hydrogen-bond donors (Lipinski definition) is 0. The van der Waals surface area contributed by atoms with E-state index in [0.29, 0.717) is 19.6 Å². The van der Waals surface area contributed by atoms with E-state index in [4.69, 9.17) is 10.00 Å². The predicted octanol–water partition coefficient (Wildman–Crippen LogP) is 3.14. The fourth-order valence-electron chi connectivity index (χ4n) is 2.52. The van der Waals surface area contributed by atoms with E-state index >= 15 is 0 Å². The number of nitrogens with zero attached hydrogens (tertiary/aromatic N) is 2. The van der Waals surface area contributed by atoms with Crippen LogP contribution in [-0.2, 0) is 11.4 Å². The van der Waals surface area contributed by atoms with Crippen LogP contribution in [-0.4, -0.2) is 12.5 Å². The second kappa shape index (κ2) is 6.31. The van der Waals surface area contributed by atoms with Crippen molar-refractivity contribution < 1.29 is 9.53 Å². The molecule has 1 atom stereocenters. The van der Waals surface area contributed by atoms with Crippen LogP contribution in [0.15, 0.2) is 54.6 Å². The zero-order valence-corrected chi connectivity index (χ0v) is 12.1. The Hall–Kier alpha value is -2.80. The lowest BCUT2D eigenvalue weighted by Crippen LogP contribution is -2.26. The van der Waals surface area contributed by atoms with Gasteiger partial charge in [0.25, 0.3) is 0 Å². The second-order valence-electron chi connectivity index (χ2n) is 5.23. The van der Waals surface area contributed by atoms with Crippen molar-refractivity contribution in [2.24, 2.45) is 5.92 Å². The minimum atomic E-state index is -0.506. The normalized spacial score (nSPS) is 17.3. The van der Waals surface area contributed by atoms with Crippen LogP contribution in [0.1, 0.15) is 12.0 Å². The Labute approximate surface area is 129 Å². The lowest BCUT2D eigenvalue weighted by atomic mass is 10.1. The predicted molar refractivity (Wildman–Crippen MR) is 83.3 cm³/mol. The molecule has 0 bridgehead atoms. The third-order valence-electron chi connectivity index (χ3n) is 3.76. The van der Waals surface area contributed by atoms with Crippen LogP contribution in [0.25, 0.3) is 0 Å². The van der Waals surface area contributed by atoms with Crippen molar-refractivity contribution in [2.45, 2.75) is 13.0 Å². The molecule has 1 heterocycles. The molecule has 1 aliphatic rings. The minimum absolute atomic E-state index is 0.111. The van der Waals surface area contributed by atoms with Crippen LogP contribution >= 0.6 is 0 Å². The summed E-state index contributed by atoms with van der Waals surface area (Å²) in [6, 6.07) is 19.4. The van der Waals surface area contributed by atoms with Crippen LogP contribution in [0, 0.1) is 17.2 Å². The molecule has 0 aliphatic carbocycles. The Balaban J connectivity index is 1.64. The summed E-state index contributed by atoms with van der Waals surface area (Å²) in [6.45, 7) is 1.11. The molecule has 0 spiro atoms. The molecule has 0 saturated carbocycles. The lowest BCUT2D eigenvalue weighted by molar-refractivity contribution is -0.118. The topological polar surface area (TPSA) is 53.3 Å². The van der Waals surface area contributed by atoms with Crippen LogP contribution in [0.2, 0.25) is 0 Å². The summed E-state index contributed by atoms with van der Waals surface area (Å²) in [4.78, 5) is 13.7. The zero-order chi connectivity index (χ0) is 15.4. The van der Waals surface area contributed by atoms with Gasteiger partial charge in [0.05, 0.1) is 6.07 Å². The van der Waals surface area contributed by atoms with E-state index in [1.54, 1.807) is 4.90 Å². The summed E-state index contributed by atoms with van der Waals surface area (Å²) in [7, 11) is 0. The Kier molecular flexibility index (Phi) is 4.06. The molecular formula is C18H16N2O2. The van der Waals surface area contributed by atoms with Gasteiger partial charge in [-0.3, -0.25) is 4.79 Å². The van der Waals surface area contributed by atoms with E-state index < -0.39 is 5.92 Å². The van der Waals surface area contributed by atoms with Gasteiger partial charge in [-0.05, 0) is 36.2 Å². The highest BCUT2D eigenvalue weighted by molar-refractivity contribution is 5.98. The molecule has 0 radical (unpaired) electrons. The van der Waals surface area contributed by atoms with Gasteiger partial charge in [0.2, 0.25) is 5.91 Å². The molecule has 1 unspecified atom stereocenters. The fraction of sp³-hybridized carbons (Fsp3) is 0.222. The van der Waals surface area contributed by atoms with Crippen LogP contribution in [0.3, 0.4) is 0 Å². The largest absolute Gasteiger partial charge is 0.489 e. The number of rotatable bonds is 4. The molecule has 4 nitrogen and oxygen atoms in total. The van der Waals surface area contributed by atoms with Crippen LogP contribution in [0.4, 0.5) is 5.69 Å². The van der Waals surface area contributed by atoms with Gasteiger partial charge < -0.3 is 9.64 Å². The first kappa shape index (κ1) is 14.2. The summed E-state index contributed by atoms with van der Waals surface area (Å²) in [5, 5.41) is 8.91. The highest BCUT2D eigenvalue weighted by Gasteiger charge is 2.32. The van der Waals surface area contributed by atoms with Crippen molar-refractivity contribution in [1.29, 1.82) is 5.26 Å². The van der Waals surface area contributed by atoms with Gasteiger partial charge in [-0.25, -0.2) is 0 Å². The number of amides is 1. The van der Waals surface area contributed by atoms with Gasteiger partial charge in [-0.1, -0.05) is 30.3 Å². The number of hydrogen-bond acceptors (Lipinski definition) is 3. The summed E-state index contributed by atoms with van der Waals surface area (Å²) in [5.74, 6) is 0.144. The SMILES string of the molecule is N#CC1CCN(c2ccc(OCc3ccccc3)cc2)C1=O. The van der Waals surface area contributed by atoms with Gasteiger partial charge in [-0.15, -0.1) is 0 Å². The number of nitriles is 1. The maximum Gasteiger partial charge on any atom is 0.244 e. The third-order valence-corrected chi connectivity index (χ3v) is 3.76. The molecule has 0 aromatic heterocycles. The van der Waals surface area contributed by atoms with Crippen molar-refractivity contribution in [1.82, 2.24) is 0 Å². The summed E-state index contributed by atoms with van der Waals surface area (Å²) < 4.78 is 5.72. The maximum absolute atomic E-state index is 12.0. The molecular weight excluding hydrogens is 276 g/mol. The van der Waals surface area contributed by atoms with E-state index in [-0.39, 0.29) is 5.91 Å². The molecule has 110 valence electrons. The first-order valence-corrected chi connectivity index (χ1v) is 7.26. The second-order valence-corrected chi connectivity index (χ2v) is 5.23. The average molecular weight is 292 g/mol. The van der Waals surface area contributed by atoms with Gasteiger partial charge >= 0.3 is 0 Å². The smallest absolute Gasteiger partial charge is 0.244 e. The number of anilines is 1. The molecule has 1 saturated heterocycles. The van der Waals surface area contributed by atoms with E-state index in [2.05, 4.69) is 0 Å². The monoisotopic (exact) mass is 292 g/mol. The molecule has 2 aromatic rings. The number of carbonyl (C=O) groups is 1. The van der Waals surface area contributed by atoms with Gasteiger partial charge in [0.1, 0.15) is 18.3 Å². The Morgan fingerprint density at radius 2 is 1.86 bits per heavy atom. The van der Waals surface area contributed by atoms with Crippen molar-refractivity contribution in [3.05, 3.63) is 60.2 Å². The van der Waals surface area contributed by atoms with Crippen LogP contribution in [0.5, 0.6) is 5.75 Å². The highest BCUT2D eigenvalue weighted by Crippen LogP contribution is 2.26. The lowest BCUT2D eigenvalue weighted by Gasteiger charge is -2.16. The summed E-state index contributed by atoms with van der Waals surface area (Å²) in [5.41, 5.74) is 1.92. The maximum atomic E-state index is 12.0. The van der Waals surface area contributed by atoms with E-state index in [1.165, 1.54) is 0 Å². The molecule has 2 aromatic carbocycles. The van der Waals surface area contributed by atoms with Crippen molar-refractivity contribution >= 4 is 11.6 Å². The van der Waals surface area contributed by atoms with Crippen molar-refractivity contribution in [3.8, 4) is 11.8 Å². The van der Waals surface area contributed by atoms with Gasteiger partial charge in [0.15, 0.2) is 0 Å². The third kappa shape index (κ3) is 2.94. The zero-order valence-electron chi connectivity index (χ0n) is 12.1. The van der Waals surface area contributed by atoms with Crippen molar-refractivity contribution in [2.75, 3.05) is 11.4 Å². The van der Waals surface area contributed by atoms with Crippen LogP contribution < -0.4 is 9.64 Å². The summed E-state index contributed by atoms with van der Waals surface area (Å²) in [6.07, 6.45) is 0.599. The number of benzene rings is 2. The quantitative estimate of drug-likeness (QED) is 0.870.